The lowest BCUT2D eigenvalue weighted by atomic mass is 9.97. The van der Waals surface area contributed by atoms with Crippen LogP contribution in [0.15, 0.2) is 0 Å². The maximum absolute atomic E-state index is 11.5. The van der Waals surface area contributed by atoms with E-state index < -0.39 is 0 Å². The Labute approximate surface area is 79.3 Å². The van der Waals surface area contributed by atoms with Gasteiger partial charge in [-0.25, -0.2) is 0 Å². The van der Waals surface area contributed by atoms with Gasteiger partial charge in [0.15, 0.2) is 0 Å². The molecule has 12 heavy (non-hydrogen) atoms. The molecule has 70 valence electrons. The van der Waals surface area contributed by atoms with Crippen LogP contribution in [0, 0.1) is 11.8 Å². The smallest absolute Gasteiger partial charge is 0.136 e. The molecule has 1 aliphatic heterocycles. The van der Waals surface area contributed by atoms with Crippen molar-refractivity contribution in [2.45, 2.75) is 33.1 Å². The molecule has 0 amide bonds. The summed E-state index contributed by atoms with van der Waals surface area (Å²) in [5, 5.41) is 0. The van der Waals surface area contributed by atoms with E-state index in [1.54, 1.807) is 0 Å². The zero-order chi connectivity index (χ0) is 8.97. The summed E-state index contributed by atoms with van der Waals surface area (Å²) in [5.41, 5.74) is 0. The summed E-state index contributed by atoms with van der Waals surface area (Å²) in [6, 6.07) is 0. The van der Waals surface area contributed by atoms with Crippen molar-refractivity contribution in [1.29, 1.82) is 0 Å². The molecule has 1 atom stereocenters. The van der Waals surface area contributed by atoms with Crippen LogP contribution in [0.4, 0.5) is 0 Å². The minimum atomic E-state index is 0.397. The molecule has 0 aromatic heterocycles. The van der Waals surface area contributed by atoms with Crippen LogP contribution in [0.25, 0.3) is 0 Å². The highest BCUT2D eigenvalue weighted by Crippen LogP contribution is 2.25. The van der Waals surface area contributed by atoms with Crippen molar-refractivity contribution in [3.8, 4) is 0 Å². The fraction of sp³-hybridized carbons (Fsp3) is 0.900. The number of ketones is 1. The third-order valence-corrected chi connectivity index (χ3v) is 3.52. The van der Waals surface area contributed by atoms with Gasteiger partial charge < -0.3 is 0 Å². The van der Waals surface area contributed by atoms with Crippen molar-refractivity contribution in [2.24, 2.45) is 11.8 Å². The Hall–Kier alpha value is 0.0200. The maximum Gasteiger partial charge on any atom is 0.136 e. The number of hydrogen-bond acceptors (Lipinski definition) is 2. The predicted molar refractivity (Wildman–Crippen MR) is 54.5 cm³/mol. The molecule has 1 fully saturated rings. The van der Waals surface area contributed by atoms with Gasteiger partial charge in [0.25, 0.3) is 0 Å². The van der Waals surface area contributed by atoms with Gasteiger partial charge in [0.1, 0.15) is 5.78 Å². The van der Waals surface area contributed by atoms with E-state index in [0.29, 0.717) is 17.6 Å². The molecule has 1 rings (SSSR count). The van der Waals surface area contributed by atoms with Gasteiger partial charge in [0.05, 0.1) is 0 Å². The van der Waals surface area contributed by atoms with E-state index >= 15 is 0 Å². The van der Waals surface area contributed by atoms with Crippen molar-refractivity contribution in [3.63, 3.8) is 0 Å². The molecule has 0 aromatic carbocycles. The van der Waals surface area contributed by atoms with Gasteiger partial charge in [-0.1, -0.05) is 13.8 Å². The zero-order valence-electron chi connectivity index (χ0n) is 8.01. The van der Waals surface area contributed by atoms with Gasteiger partial charge >= 0.3 is 0 Å². The summed E-state index contributed by atoms with van der Waals surface area (Å²) < 4.78 is 0. The van der Waals surface area contributed by atoms with E-state index in [1.807, 2.05) is 11.8 Å². The Bertz CT molecular complexity index is 148. The van der Waals surface area contributed by atoms with E-state index in [2.05, 4.69) is 13.8 Å². The van der Waals surface area contributed by atoms with E-state index in [1.165, 1.54) is 5.75 Å². The topological polar surface area (TPSA) is 17.1 Å². The summed E-state index contributed by atoms with van der Waals surface area (Å²) in [7, 11) is 0. The first kappa shape index (κ1) is 10.1. The average molecular weight is 186 g/mol. The van der Waals surface area contributed by atoms with Crippen LogP contribution in [-0.4, -0.2) is 17.3 Å². The van der Waals surface area contributed by atoms with Gasteiger partial charge in [-0.3, -0.25) is 4.79 Å². The lowest BCUT2D eigenvalue weighted by Gasteiger charge is -2.08. The summed E-state index contributed by atoms with van der Waals surface area (Å²) in [6.07, 6.45) is 3.00. The predicted octanol–water partition coefficient (Wildman–Crippen LogP) is 2.74. The fourth-order valence-corrected chi connectivity index (χ4v) is 2.68. The Kier molecular flexibility index (Phi) is 4.13. The SMILES string of the molecule is CC(C)CCC(=O)C1CCSC1. The van der Waals surface area contributed by atoms with Crippen LogP contribution in [0.5, 0.6) is 0 Å². The molecule has 1 saturated heterocycles. The Balaban J connectivity index is 2.18. The molecule has 0 radical (unpaired) electrons. The van der Waals surface area contributed by atoms with Crippen molar-refractivity contribution in [3.05, 3.63) is 0 Å². The first-order chi connectivity index (χ1) is 5.70. The molecule has 0 aromatic rings. The van der Waals surface area contributed by atoms with Gasteiger partial charge in [-0.2, -0.15) is 11.8 Å². The number of thioether (sulfide) groups is 1. The van der Waals surface area contributed by atoms with Crippen molar-refractivity contribution in [1.82, 2.24) is 0 Å². The van der Waals surface area contributed by atoms with Crippen molar-refractivity contribution < 1.29 is 4.79 Å². The Morgan fingerprint density at radius 1 is 1.58 bits per heavy atom. The second kappa shape index (κ2) is 4.90. The third kappa shape index (κ3) is 3.18. The lowest BCUT2D eigenvalue weighted by Crippen LogP contribution is -2.13. The molecule has 1 heterocycles. The highest BCUT2D eigenvalue weighted by atomic mass is 32.2. The number of hydrogen-bond donors (Lipinski definition) is 0. The van der Waals surface area contributed by atoms with Crippen molar-refractivity contribution >= 4 is 17.5 Å². The van der Waals surface area contributed by atoms with E-state index in [-0.39, 0.29) is 0 Å². The van der Waals surface area contributed by atoms with Gasteiger partial charge in [0.2, 0.25) is 0 Å². The van der Waals surface area contributed by atoms with Gasteiger partial charge in [-0.05, 0) is 24.5 Å². The van der Waals surface area contributed by atoms with Crippen LogP contribution in [-0.2, 0) is 4.79 Å². The molecule has 0 bridgehead atoms. The molecule has 0 N–H and O–H groups in total. The monoisotopic (exact) mass is 186 g/mol. The fourth-order valence-electron chi connectivity index (χ4n) is 1.42. The standard InChI is InChI=1S/C10H18OS/c1-8(2)3-4-10(11)9-5-6-12-7-9/h8-9H,3-7H2,1-2H3. The Morgan fingerprint density at radius 3 is 2.83 bits per heavy atom. The van der Waals surface area contributed by atoms with Crippen LogP contribution in [0.1, 0.15) is 33.1 Å². The molecule has 0 saturated carbocycles. The number of rotatable bonds is 4. The highest BCUT2D eigenvalue weighted by molar-refractivity contribution is 7.99. The first-order valence-corrected chi connectivity index (χ1v) is 5.96. The second-order valence-electron chi connectivity index (χ2n) is 3.96. The molecule has 0 spiro atoms. The zero-order valence-corrected chi connectivity index (χ0v) is 8.82. The number of carbonyl (C=O) groups is 1. The molecule has 1 unspecified atom stereocenters. The third-order valence-electron chi connectivity index (χ3n) is 2.35. The van der Waals surface area contributed by atoms with Crippen LogP contribution in [0.2, 0.25) is 0 Å². The maximum atomic E-state index is 11.5. The summed E-state index contributed by atoms with van der Waals surface area (Å²) in [4.78, 5) is 11.5. The molecule has 1 aliphatic rings. The first-order valence-electron chi connectivity index (χ1n) is 4.80. The largest absolute Gasteiger partial charge is 0.299 e. The number of carbonyl (C=O) groups excluding carboxylic acids is 1. The lowest BCUT2D eigenvalue weighted by molar-refractivity contribution is -0.122. The highest BCUT2D eigenvalue weighted by Gasteiger charge is 2.22. The normalized spacial score (nSPS) is 23.4. The summed E-state index contributed by atoms with van der Waals surface area (Å²) in [5.74, 6) is 3.85. The molecule has 0 aliphatic carbocycles. The van der Waals surface area contributed by atoms with Crippen LogP contribution >= 0.6 is 11.8 Å². The van der Waals surface area contributed by atoms with Crippen LogP contribution in [0.3, 0.4) is 0 Å². The molecular formula is C10H18OS. The van der Waals surface area contributed by atoms with E-state index in [0.717, 1.165) is 25.0 Å². The van der Waals surface area contributed by atoms with Crippen LogP contribution < -0.4 is 0 Å². The summed E-state index contributed by atoms with van der Waals surface area (Å²) in [6.45, 7) is 4.35. The van der Waals surface area contributed by atoms with Gasteiger partial charge in [0, 0.05) is 18.1 Å². The van der Waals surface area contributed by atoms with Gasteiger partial charge in [-0.15, -0.1) is 0 Å². The minimum Gasteiger partial charge on any atom is -0.299 e. The number of Topliss-reactive ketones (excluding diaryl/α,β-unsaturated/α-hetero) is 1. The second-order valence-corrected chi connectivity index (χ2v) is 5.11. The molecule has 1 nitrogen and oxygen atoms in total. The summed E-state index contributed by atoms with van der Waals surface area (Å²) >= 11 is 1.92. The Morgan fingerprint density at radius 2 is 2.33 bits per heavy atom. The van der Waals surface area contributed by atoms with Crippen molar-refractivity contribution in [2.75, 3.05) is 11.5 Å². The quantitative estimate of drug-likeness (QED) is 0.671. The van der Waals surface area contributed by atoms with E-state index in [4.69, 9.17) is 0 Å². The molecular weight excluding hydrogens is 168 g/mol. The minimum absolute atomic E-state index is 0.397. The average Bonchev–Trinajstić information content (AvgIpc) is 2.51. The van der Waals surface area contributed by atoms with E-state index in [9.17, 15) is 4.79 Å². The molecule has 2 heteroatoms.